The van der Waals surface area contributed by atoms with E-state index in [2.05, 4.69) is 22.5 Å². The fourth-order valence-corrected chi connectivity index (χ4v) is 1.74. The van der Waals surface area contributed by atoms with Crippen LogP contribution in [0.2, 0.25) is 0 Å². The van der Waals surface area contributed by atoms with Crippen molar-refractivity contribution < 1.29 is 0 Å². The average Bonchev–Trinajstić information content (AvgIpc) is 2.29. The number of hydrogen-bond donors (Lipinski definition) is 1. The highest BCUT2D eigenvalue weighted by molar-refractivity contribution is 5.83. The predicted molar refractivity (Wildman–Crippen MR) is 64.0 cm³/mol. The Labute approximate surface area is 90.8 Å². The summed E-state index contributed by atoms with van der Waals surface area (Å²) in [5, 5.41) is 4.43. The Bertz CT molecular complexity index is 332. The number of para-hydroxylation sites is 1. The van der Waals surface area contributed by atoms with Crippen LogP contribution in [0.5, 0.6) is 0 Å². The second kappa shape index (κ2) is 4.82. The van der Waals surface area contributed by atoms with Gasteiger partial charge in [0.1, 0.15) is 5.84 Å². The van der Waals surface area contributed by atoms with Crippen LogP contribution in [0.4, 0.5) is 5.69 Å². The SMILES string of the molecule is CN1CCCC/C1=N\Nc1ccccc1. The van der Waals surface area contributed by atoms with Crippen LogP contribution in [0.15, 0.2) is 35.4 Å². The number of nitrogens with one attached hydrogen (secondary N) is 1. The number of rotatable bonds is 2. The fraction of sp³-hybridized carbons (Fsp3) is 0.417. The summed E-state index contributed by atoms with van der Waals surface area (Å²) in [7, 11) is 2.10. The van der Waals surface area contributed by atoms with Gasteiger partial charge in [0.05, 0.1) is 5.69 Å². The molecular weight excluding hydrogens is 186 g/mol. The first kappa shape index (κ1) is 10.0. The lowest BCUT2D eigenvalue weighted by Crippen LogP contribution is -2.32. The minimum atomic E-state index is 1.05. The molecule has 2 rings (SSSR count). The Kier molecular flexibility index (Phi) is 3.22. The van der Waals surface area contributed by atoms with Gasteiger partial charge in [0.25, 0.3) is 0 Å². The molecule has 0 bridgehead atoms. The van der Waals surface area contributed by atoms with Crippen molar-refractivity contribution in [2.45, 2.75) is 19.3 Å². The summed E-state index contributed by atoms with van der Waals surface area (Å²) < 4.78 is 0. The number of benzene rings is 1. The van der Waals surface area contributed by atoms with Crippen molar-refractivity contribution >= 4 is 11.5 Å². The standard InChI is InChI=1S/C12H17N3/c1-15-10-6-5-9-12(15)14-13-11-7-3-2-4-8-11/h2-4,7-8,13H,5-6,9-10H2,1H3/b14-12+. The molecule has 0 radical (unpaired) electrons. The van der Waals surface area contributed by atoms with Gasteiger partial charge in [-0.3, -0.25) is 5.43 Å². The molecule has 1 fully saturated rings. The average molecular weight is 203 g/mol. The van der Waals surface area contributed by atoms with Crippen LogP contribution in [0.3, 0.4) is 0 Å². The Morgan fingerprint density at radius 3 is 2.73 bits per heavy atom. The van der Waals surface area contributed by atoms with Gasteiger partial charge in [-0.1, -0.05) is 18.2 Å². The zero-order valence-corrected chi connectivity index (χ0v) is 9.11. The largest absolute Gasteiger partial charge is 0.362 e. The van der Waals surface area contributed by atoms with E-state index in [-0.39, 0.29) is 0 Å². The van der Waals surface area contributed by atoms with Crippen molar-refractivity contribution in [2.24, 2.45) is 5.10 Å². The van der Waals surface area contributed by atoms with Crippen LogP contribution in [-0.4, -0.2) is 24.3 Å². The second-order valence-electron chi connectivity index (χ2n) is 3.88. The highest BCUT2D eigenvalue weighted by Gasteiger charge is 2.11. The van der Waals surface area contributed by atoms with E-state index in [0.29, 0.717) is 0 Å². The molecule has 0 aliphatic carbocycles. The molecule has 0 atom stereocenters. The molecule has 3 heteroatoms. The first-order valence-corrected chi connectivity index (χ1v) is 5.45. The Morgan fingerprint density at radius 2 is 2.00 bits per heavy atom. The Balaban J connectivity index is 1.98. The molecule has 1 aliphatic heterocycles. The molecule has 1 saturated heterocycles. The molecule has 80 valence electrons. The van der Waals surface area contributed by atoms with Gasteiger partial charge in [-0.25, -0.2) is 0 Å². The summed E-state index contributed by atoms with van der Waals surface area (Å²) >= 11 is 0. The van der Waals surface area contributed by atoms with Crippen molar-refractivity contribution in [3.05, 3.63) is 30.3 Å². The maximum atomic E-state index is 4.43. The molecule has 0 unspecified atom stereocenters. The molecule has 1 N–H and O–H groups in total. The molecule has 0 aromatic heterocycles. The normalized spacial score (nSPS) is 19.3. The third-order valence-electron chi connectivity index (χ3n) is 2.67. The number of anilines is 1. The minimum Gasteiger partial charge on any atom is -0.362 e. The Morgan fingerprint density at radius 1 is 1.20 bits per heavy atom. The van der Waals surface area contributed by atoms with Crippen LogP contribution < -0.4 is 5.43 Å². The van der Waals surface area contributed by atoms with Gasteiger partial charge in [-0.15, -0.1) is 0 Å². The van der Waals surface area contributed by atoms with Gasteiger partial charge in [-0.2, -0.15) is 5.10 Å². The first-order chi connectivity index (χ1) is 7.36. The van der Waals surface area contributed by atoms with Gasteiger partial charge in [0.15, 0.2) is 0 Å². The Hall–Kier alpha value is -1.51. The predicted octanol–water partition coefficient (Wildman–Crippen LogP) is 2.53. The molecule has 1 aromatic carbocycles. The summed E-state index contributed by atoms with van der Waals surface area (Å²) in [4.78, 5) is 2.22. The molecule has 0 spiro atoms. The van der Waals surface area contributed by atoms with Crippen LogP contribution >= 0.6 is 0 Å². The summed E-state index contributed by atoms with van der Waals surface area (Å²) in [6.07, 6.45) is 3.61. The van der Waals surface area contributed by atoms with Crippen LogP contribution in [0.25, 0.3) is 0 Å². The summed E-state index contributed by atoms with van der Waals surface area (Å²) in [6, 6.07) is 10.1. The highest BCUT2D eigenvalue weighted by atomic mass is 15.3. The third-order valence-corrected chi connectivity index (χ3v) is 2.67. The van der Waals surface area contributed by atoms with E-state index in [1.165, 1.54) is 12.8 Å². The van der Waals surface area contributed by atoms with Crippen LogP contribution in [-0.2, 0) is 0 Å². The maximum absolute atomic E-state index is 4.43. The molecule has 3 nitrogen and oxygen atoms in total. The van der Waals surface area contributed by atoms with Gasteiger partial charge in [-0.05, 0) is 25.0 Å². The number of likely N-dealkylation sites (tertiary alicyclic amines) is 1. The van der Waals surface area contributed by atoms with Crippen LogP contribution in [0.1, 0.15) is 19.3 Å². The molecule has 0 amide bonds. The van der Waals surface area contributed by atoms with Gasteiger partial charge in [0, 0.05) is 20.0 Å². The van der Waals surface area contributed by atoms with Crippen molar-refractivity contribution in [2.75, 3.05) is 19.0 Å². The van der Waals surface area contributed by atoms with E-state index in [0.717, 1.165) is 24.5 Å². The number of hydrogen-bond acceptors (Lipinski definition) is 2. The second-order valence-corrected chi connectivity index (χ2v) is 3.88. The minimum absolute atomic E-state index is 1.05. The lowest BCUT2D eigenvalue weighted by molar-refractivity contribution is 0.433. The quantitative estimate of drug-likeness (QED) is 0.748. The summed E-state index contributed by atoms with van der Waals surface area (Å²) in [5.74, 6) is 1.16. The van der Waals surface area contributed by atoms with E-state index in [9.17, 15) is 0 Å². The van der Waals surface area contributed by atoms with Crippen molar-refractivity contribution in [1.82, 2.24) is 4.90 Å². The van der Waals surface area contributed by atoms with E-state index in [1.807, 2.05) is 30.3 Å². The maximum Gasteiger partial charge on any atom is 0.124 e. The number of hydrazone groups is 1. The molecule has 1 aromatic rings. The van der Waals surface area contributed by atoms with Gasteiger partial charge < -0.3 is 4.90 Å². The number of amidine groups is 1. The van der Waals surface area contributed by atoms with E-state index < -0.39 is 0 Å². The van der Waals surface area contributed by atoms with Gasteiger partial charge in [0.2, 0.25) is 0 Å². The first-order valence-electron chi connectivity index (χ1n) is 5.45. The number of piperidine rings is 1. The summed E-state index contributed by atoms with van der Waals surface area (Å²) in [5.41, 5.74) is 4.14. The summed E-state index contributed by atoms with van der Waals surface area (Å²) in [6.45, 7) is 1.12. The monoisotopic (exact) mass is 203 g/mol. The van der Waals surface area contributed by atoms with Crippen molar-refractivity contribution in [3.63, 3.8) is 0 Å². The lowest BCUT2D eigenvalue weighted by atomic mass is 10.1. The molecular formula is C12H17N3. The smallest absolute Gasteiger partial charge is 0.124 e. The molecule has 15 heavy (non-hydrogen) atoms. The number of nitrogens with zero attached hydrogens (tertiary/aromatic N) is 2. The fourth-order valence-electron chi connectivity index (χ4n) is 1.74. The molecule has 0 saturated carbocycles. The van der Waals surface area contributed by atoms with Crippen molar-refractivity contribution in [1.29, 1.82) is 0 Å². The molecule has 1 aliphatic rings. The van der Waals surface area contributed by atoms with E-state index in [1.54, 1.807) is 0 Å². The zero-order valence-electron chi connectivity index (χ0n) is 9.11. The third kappa shape index (κ3) is 2.72. The van der Waals surface area contributed by atoms with Crippen LogP contribution in [0, 0.1) is 0 Å². The highest BCUT2D eigenvalue weighted by Crippen LogP contribution is 2.11. The van der Waals surface area contributed by atoms with Crippen molar-refractivity contribution in [3.8, 4) is 0 Å². The topological polar surface area (TPSA) is 27.6 Å². The van der Waals surface area contributed by atoms with E-state index >= 15 is 0 Å². The van der Waals surface area contributed by atoms with Gasteiger partial charge >= 0.3 is 0 Å². The zero-order chi connectivity index (χ0) is 10.5. The molecule has 1 heterocycles. The van der Waals surface area contributed by atoms with E-state index in [4.69, 9.17) is 0 Å². The lowest BCUT2D eigenvalue weighted by Gasteiger charge is -2.25.